The molecule has 0 spiro atoms. The van der Waals surface area contributed by atoms with E-state index in [1.165, 1.54) is 0 Å². The third-order valence-corrected chi connectivity index (χ3v) is 2.55. The molecule has 2 N–H and O–H groups in total. The van der Waals surface area contributed by atoms with Crippen molar-refractivity contribution in [3.8, 4) is 17.0 Å². The first kappa shape index (κ1) is 12.2. The Morgan fingerprint density at radius 2 is 2.22 bits per heavy atom. The van der Waals surface area contributed by atoms with Crippen molar-refractivity contribution in [3.63, 3.8) is 0 Å². The van der Waals surface area contributed by atoms with Crippen molar-refractivity contribution in [3.05, 3.63) is 40.9 Å². The fourth-order valence-electron chi connectivity index (χ4n) is 1.67. The molecule has 0 atom stereocenters. The van der Waals surface area contributed by atoms with Gasteiger partial charge in [-0.15, -0.1) is 0 Å². The molecule has 0 saturated heterocycles. The largest absolute Gasteiger partial charge is 0.481 e. The van der Waals surface area contributed by atoms with Crippen LogP contribution in [0.25, 0.3) is 11.1 Å². The zero-order valence-corrected chi connectivity index (χ0v) is 10.4. The van der Waals surface area contributed by atoms with E-state index >= 15 is 0 Å². The van der Waals surface area contributed by atoms with E-state index in [1.54, 1.807) is 19.5 Å². The lowest BCUT2D eigenvalue weighted by atomic mass is 10.1. The van der Waals surface area contributed by atoms with Crippen molar-refractivity contribution < 1.29 is 4.74 Å². The van der Waals surface area contributed by atoms with Gasteiger partial charge >= 0.3 is 0 Å². The first-order valence-corrected chi connectivity index (χ1v) is 5.71. The van der Waals surface area contributed by atoms with Crippen LogP contribution in [-0.2, 0) is 0 Å². The molecule has 0 aliphatic heterocycles. The Morgan fingerprint density at radius 3 is 2.94 bits per heavy atom. The molecule has 5 heteroatoms. The Kier molecular flexibility index (Phi) is 3.62. The molecule has 2 aromatic rings. The lowest BCUT2D eigenvalue weighted by Crippen LogP contribution is -2.13. The second kappa shape index (κ2) is 5.35. The fourth-order valence-corrected chi connectivity index (χ4v) is 1.67. The van der Waals surface area contributed by atoms with E-state index in [0.717, 1.165) is 11.1 Å². The predicted molar refractivity (Wildman–Crippen MR) is 71.0 cm³/mol. The van der Waals surface area contributed by atoms with Crippen molar-refractivity contribution in [2.24, 2.45) is 0 Å². The molecule has 0 radical (unpaired) electrons. The lowest BCUT2D eigenvalue weighted by molar-refractivity contribution is 0.398. The van der Waals surface area contributed by atoms with E-state index in [-0.39, 0.29) is 5.56 Å². The Balaban J connectivity index is 2.43. The highest BCUT2D eigenvalue weighted by Gasteiger charge is 2.04. The second-order valence-corrected chi connectivity index (χ2v) is 3.75. The molecule has 0 saturated carbocycles. The van der Waals surface area contributed by atoms with Crippen molar-refractivity contribution in [1.82, 2.24) is 9.97 Å². The minimum Gasteiger partial charge on any atom is -0.481 e. The monoisotopic (exact) mass is 245 g/mol. The molecule has 0 amide bonds. The Bertz CT molecular complexity index is 593. The molecule has 0 unspecified atom stereocenters. The summed E-state index contributed by atoms with van der Waals surface area (Å²) in [6.45, 7) is 2.65. The van der Waals surface area contributed by atoms with Gasteiger partial charge in [-0.1, -0.05) is 0 Å². The molecule has 94 valence electrons. The van der Waals surface area contributed by atoms with Gasteiger partial charge in [0.05, 0.1) is 7.11 Å². The Morgan fingerprint density at radius 1 is 1.39 bits per heavy atom. The number of aromatic nitrogens is 2. The van der Waals surface area contributed by atoms with Crippen molar-refractivity contribution >= 4 is 5.69 Å². The highest BCUT2D eigenvalue weighted by molar-refractivity contribution is 5.67. The molecule has 0 fully saturated rings. The Labute approximate surface area is 105 Å². The van der Waals surface area contributed by atoms with E-state index in [0.29, 0.717) is 18.1 Å². The lowest BCUT2D eigenvalue weighted by Gasteiger charge is -2.06. The van der Waals surface area contributed by atoms with E-state index in [1.807, 2.05) is 25.1 Å². The number of aromatic amines is 1. The van der Waals surface area contributed by atoms with E-state index in [2.05, 4.69) is 15.3 Å². The summed E-state index contributed by atoms with van der Waals surface area (Å²) in [5.74, 6) is 0.545. The molecule has 0 aliphatic carbocycles. The topological polar surface area (TPSA) is 67.0 Å². The highest BCUT2D eigenvalue weighted by atomic mass is 16.5. The molecule has 5 nitrogen and oxygen atoms in total. The molecular formula is C13H15N3O2. The first-order valence-electron chi connectivity index (χ1n) is 5.71. The van der Waals surface area contributed by atoms with Crippen molar-refractivity contribution in [1.29, 1.82) is 0 Å². The quantitative estimate of drug-likeness (QED) is 0.863. The summed E-state index contributed by atoms with van der Waals surface area (Å²) < 4.78 is 5.08. The molecule has 2 aromatic heterocycles. The number of hydrogen-bond donors (Lipinski definition) is 2. The van der Waals surface area contributed by atoms with Crippen LogP contribution in [0.1, 0.15) is 6.92 Å². The van der Waals surface area contributed by atoms with Gasteiger partial charge in [0.1, 0.15) is 5.69 Å². The maximum atomic E-state index is 11.6. The number of nitrogens with zero attached hydrogens (tertiary/aromatic N) is 1. The minimum atomic E-state index is -0.123. The zero-order valence-electron chi connectivity index (χ0n) is 10.4. The SMILES string of the molecule is CCNc1cc(-c2ccnc(OC)c2)c[nH]c1=O. The van der Waals surface area contributed by atoms with Gasteiger partial charge in [-0.05, 0) is 24.6 Å². The van der Waals surface area contributed by atoms with Gasteiger partial charge in [0.2, 0.25) is 5.88 Å². The summed E-state index contributed by atoms with van der Waals surface area (Å²) in [7, 11) is 1.57. The molecule has 0 aliphatic rings. The van der Waals surface area contributed by atoms with Gasteiger partial charge in [0, 0.05) is 30.6 Å². The maximum absolute atomic E-state index is 11.6. The minimum absolute atomic E-state index is 0.123. The summed E-state index contributed by atoms with van der Waals surface area (Å²) in [5, 5.41) is 3.02. The van der Waals surface area contributed by atoms with E-state index in [9.17, 15) is 4.79 Å². The van der Waals surface area contributed by atoms with Crippen LogP contribution in [0.15, 0.2) is 35.4 Å². The van der Waals surface area contributed by atoms with Gasteiger partial charge in [0.15, 0.2) is 0 Å². The third kappa shape index (κ3) is 2.51. The summed E-state index contributed by atoms with van der Waals surface area (Å²) >= 11 is 0. The average Bonchev–Trinajstić information content (AvgIpc) is 2.41. The smallest absolute Gasteiger partial charge is 0.271 e. The van der Waals surface area contributed by atoms with Crippen LogP contribution >= 0.6 is 0 Å². The van der Waals surface area contributed by atoms with Gasteiger partial charge in [0.25, 0.3) is 5.56 Å². The fraction of sp³-hybridized carbons (Fsp3) is 0.231. The van der Waals surface area contributed by atoms with Crippen LogP contribution in [0.4, 0.5) is 5.69 Å². The molecule has 0 aromatic carbocycles. The zero-order chi connectivity index (χ0) is 13.0. The van der Waals surface area contributed by atoms with E-state index in [4.69, 9.17) is 4.74 Å². The van der Waals surface area contributed by atoms with Crippen molar-refractivity contribution in [2.45, 2.75) is 6.92 Å². The molecule has 2 rings (SSSR count). The molecular weight excluding hydrogens is 230 g/mol. The van der Waals surface area contributed by atoms with Crippen molar-refractivity contribution in [2.75, 3.05) is 19.0 Å². The molecule has 0 bridgehead atoms. The normalized spacial score (nSPS) is 10.1. The number of nitrogens with one attached hydrogen (secondary N) is 2. The maximum Gasteiger partial charge on any atom is 0.271 e. The van der Waals surface area contributed by atoms with Crippen LogP contribution in [0.2, 0.25) is 0 Å². The number of hydrogen-bond acceptors (Lipinski definition) is 4. The van der Waals surface area contributed by atoms with Crippen LogP contribution in [0.3, 0.4) is 0 Å². The number of H-pyrrole nitrogens is 1. The van der Waals surface area contributed by atoms with Gasteiger partial charge in [-0.3, -0.25) is 4.79 Å². The van der Waals surface area contributed by atoms with E-state index < -0.39 is 0 Å². The number of anilines is 1. The van der Waals surface area contributed by atoms with Crippen LogP contribution < -0.4 is 15.6 Å². The number of rotatable bonds is 4. The standard InChI is InChI=1S/C13H15N3O2/c1-3-14-11-6-10(8-16-13(11)17)9-4-5-15-12(7-9)18-2/h4-8,14H,3H2,1-2H3,(H,16,17). The molecule has 2 heterocycles. The number of pyridine rings is 2. The first-order chi connectivity index (χ1) is 8.74. The predicted octanol–water partition coefficient (Wildman–Crippen LogP) is 1.88. The van der Waals surface area contributed by atoms with Crippen LogP contribution in [0, 0.1) is 0 Å². The van der Waals surface area contributed by atoms with Gasteiger partial charge in [-0.2, -0.15) is 0 Å². The summed E-state index contributed by atoms with van der Waals surface area (Å²) in [6, 6.07) is 5.51. The summed E-state index contributed by atoms with van der Waals surface area (Å²) in [5.41, 5.74) is 2.29. The Hall–Kier alpha value is -2.30. The number of ether oxygens (including phenoxy) is 1. The average molecular weight is 245 g/mol. The number of methoxy groups -OCH3 is 1. The third-order valence-electron chi connectivity index (χ3n) is 2.55. The summed E-state index contributed by atoms with van der Waals surface area (Å²) in [4.78, 5) is 18.3. The summed E-state index contributed by atoms with van der Waals surface area (Å²) in [6.07, 6.45) is 3.35. The van der Waals surface area contributed by atoms with Crippen LogP contribution in [-0.4, -0.2) is 23.6 Å². The van der Waals surface area contributed by atoms with Gasteiger partial charge in [-0.25, -0.2) is 4.98 Å². The highest BCUT2D eigenvalue weighted by Crippen LogP contribution is 2.22. The second-order valence-electron chi connectivity index (χ2n) is 3.75. The van der Waals surface area contributed by atoms with Gasteiger partial charge < -0.3 is 15.0 Å². The molecule has 18 heavy (non-hydrogen) atoms. The van der Waals surface area contributed by atoms with Crippen LogP contribution in [0.5, 0.6) is 5.88 Å².